The van der Waals surface area contributed by atoms with Gasteiger partial charge in [-0.05, 0) is 30.9 Å². The minimum atomic E-state index is -1.51. The molecular formula is C24H23FN6O4. The van der Waals surface area contributed by atoms with Gasteiger partial charge in [-0.3, -0.25) is 14.3 Å². The molecule has 3 aromatic heterocycles. The summed E-state index contributed by atoms with van der Waals surface area (Å²) in [4.78, 5) is 24.9. The molecule has 11 heteroatoms. The van der Waals surface area contributed by atoms with Crippen LogP contribution < -0.4 is 5.56 Å². The molecule has 180 valence electrons. The Bertz CT molecular complexity index is 1390. The molecule has 0 spiro atoms. The Hall–Kier alpha value is -3.80. The molecule has 10 nitrogen and oxygen atoms in total. The molecule has 1 fully saturated rings. The minimum Gasteiger partial charge on any atom is -0.382 e. The summed E-state index contributed by atoms with van der Waals surface area (Å²) < 4.78 is 20.4. The standard InChI is InChI=1S/C24H23FN6O4/c1-30-21(32)12-19(17-7-10-26-13-18(17)25)28-23(30)24(33)8-6-20(31(34)11-9-24)15-2-4-16(5-3-15)22-27-14-35-29-22/h2-5,7,10,12-14,20,33-34H,6,8-9,11H2,1H3. The van der Waals surface area contributed by atoms with Gasteiger partial charge < -0.3 is 14.8 Å². The highest BCUT2D eigenvalue weighted by Crippen LogP contribution is 2.38. The van der Waals surface area contributed by atoms with Gasteiger partial charge in [0.05, 0.1) is 17.9 Å². The molecule has 0 saturated carbocycles. The number of hydrogen-bond donors (Lipinski definition) is 2. The average molecular weight is 478 g/mol. The molecular weight excluding hydrogens is 455 g/mol. The summed E-state index contributed by atoms with van der Waals surface area (Å²) >= 11 is 0. The van der Waals surface area contributed by atoms with Crippen LogP contribution in [0, 0.1) is 5.82 Å². The van der Waals surface area contributed by atoms with E-state index in [1.54, 1.807) is 0 Å². The van der Waals surface area contributed by atoms with Crippen molar-refractivity contribution >= 4 is 0 Å². The van der Waals surface area contributed by atoms with Gasteiger partial charge in [-0.2, -0.15) is 10.0 Å². The molecule has 0 bridgehead atoms. The van der Waals surface area contributed by atoms with E-state index >= 15 is 0 Å². The molecule has 1 aliphatic heterocycles. The van der Waals surface area contributed by atoms with Gasteiger partial charge in [-0.1, -0.05) is 29.4 Å². The van der Waals surface area contributed by atoms with Gasteiger partial charge >= 0.3 is 0 Å². The fourth-order valence-corrected chi connectivity index (χ4v) is 4.50. The number of benzene rings is 1. The Morgan fingerprint density at radius 3 is 2.71 bits per heavy atom. The van der Waals surface area contributed by atoms with Crippen LogP contribution in [0.2, 0.25) is 0 Å². The third-order valence-corrected chi connectivity index (χ3v) is 6.46. The predicted molar refractivity (Wildman–Crippen MR) is 121 cm³/mol. The van der Waals surface area contributed by atoms with Gasteiger partial charge in [-0.15, -0.1) is 0 Å². The summed E-state index contributed by atoms with van der Waals surface area (Å²) in [6.07, 6.45) is 4.46. The largest absolute Gasteiger partial charge is 0.382 e. The number of halogens is 1. The van der Waals surface area contributed by atoms with Crippen molar-refractivity contribution in [3.8, 4) is 22.6 Å². The number of aliphatic hydroxyl groups is 1. The van der Waals surface area contributed by atoms with Crippen molar-refractivity contribution in [2.24, 2.45) is 7.05 Å². The molecule has 2 N–H and O–H groups in total. The van der Waals surface area contributed by atoms with Crippen LogP contribution in [-0.2, 0) is 12.6 Å². The number of rotatable bonds is 4. The van der Waals surface area contributed by atoms with Crippen molar-refractivity contribution in [3.63, 3.8) is 0 Å². The maximum Gasteiger partial charge on any atom is 0.253 e. The van der Waals surface area contributed by atoms with E-state index in [2.05, 4.69) is 20.1 Å². The van der Waals surface area contributed by atoms with E-state index in [1.165, 1.54) is 41.4 Å². The van der Waals surface area contributed by atoms with Crippen LogP contribution in [0.5, 0.6) is 0 Å². The van der Waals surface area contributed by atoms with Crippen LogP contribution in [0.1, 0.15) is 36.7 Å². The second-order valence-electron chi connectivity index (χ2n) is 8.59. The highest BCUT2D eigenvalue weighted by Gasteiger charge is 2.39. The van der Waals surface area contributed by atoms with Gasteiger partial charge in [0.2, 0.25) is 12.2 Å². The van der Waals surface area contributed by atoms with E-state index in [4.69, 9.17) is 4.52 Å². The summed E-state index contributed by atoms with van der Waals surface area (Å²) in [7, 11) is 1.52. The normalized spacial score (nSPS) is 21.1. The van der Waals surface area contributed by atoms with Crippen molar-refractivity contribution < 1.29 is 19.2 Å². The lowest BCUT2D eigenvalue weighted by atomic mass is 9.90. The summed E-state index contributed by atoms with van der Waals surface area (Å²) in [6, 6.07) is 9.68. The van der Waals surface area contributed by atoms with Crippen LogP contribution in [0.25, 0.3) is 22.6 Å². The zero-order valence-electron chi connectivity index (χ0n) is 18.9. The highest BCUT2D eigenvalue weighted by atomic mass is 19.1. The first-order valence-electron chi connectivity index (χ1n) is 11.1. The lowest BCUT2D eigenvalue weighted by Gasteiger charge is -2.28. The molecule has 1 aromatic carbocycles. The maximum atomic E-state index is 14.3. The summed E-state index contributed by atoms with van der Waals surface area (Å²) in [5.74, 6) is -0.0270. The van der Waals surface area contributed by atoms with Crippen molar-refractivity contribution in [1.82, 2.24) is 29.7 Å². The quantitative estimate of drug-likeness (QED) is 0.455. The van der Waals surface area contributed by atoms with Gasteiger partial charge in [0.1, 0.15) is 11.4 Å². The molecule has 4 heterocycles. The van der Waals surface area contributed by atoms with Crippen molar-refractivity contribution in [2.75, 3.05) is 6.54 Å². The Morgan fingerprint density at radius 1 is 1.20 bits per heavy atom. The second-order valence-corrected chi connectivity index (χ2v) is 8.59. The molecule has 35 heavy (non-hydrogen) atoms. The van der Waals surface area contributed by atoms with E-state index in [1.807, 2.05) is 24.3 Å². The number of pyridine rings is 1. The zero-order chi connectivity index (χ0) is 24.6. The third kappa shape index (κ3) is 4.36. The highest BCUT2D eigenvalue weighted by molar-refractivity contribution is 5.58. The molecule has 2 unspecified atom stereocenters. The SMILES string of the molecule is Cn1c(C2(O)CCC(c3ccc(-c4ncon4)cc3)N(O)CC2)nc(-c2ccncc2F)cc1=O. The van der Waals surface area contributed by atoms with E-state index in [9.17, 15) is 19.5 Å². The van der Waals surface area contributed by atoms with E-state index in [0.717, 1.165) is 17.3 Å². The third-order valence-electron chi connectivity index (χ3n) is 6.46. The van der Waals surface area contributed by atoms with Crippen molar-refractivity contribution in [3.05, 3.63) is 82.7 Å². The van der Waals surface area contributed by atoms with E-state index in [0.29, 0.717) is 12.2 Å². The van der Waals surface area contributed by atoms with Crippen LogP contribution in [0.4, 0.5) is 4.39 Å². The summed E-state index contributed by atoms with van der Waals surface area (Å²) in [6.45, 7) is 0.136. The van der Waals surface area contributed by atoms with Crippen LogP contribution in [0.15, 0.2) is 64.5 Å². The van der Waals surface area contributed by atoms with Crippen LogP contribution >= 0.6 is 0 Å². The number of nitrogens with zero attached hydrogens (tertiary/aromatic N) is 6. The maximum absolute atomic E-state index is 14.3. The first-order chi connectivity index (χ1) is 16.9. The Kier molecular flexibility index (Phi) is 5.97. The van der Waals surface area contributed by atoms with Gasteiger partial charge in [-0.25, -0.2) is 9.37 Å². The molecule has 2 atom stereocenters. The second kappa shape index (κ2) is 9.10. The molecule has 0 amide bonds. The van der Waals surface area contributed by atoms with Gasteiger partial charge in [0.15, 0.2) is 5.82 Å². The lowest BCUT2D eigenvalue weighted by Crippen LogP contribution is -2.36. The summed E-state index contributed by atoms with van der Waals surface area (Å²) in [5.41, 5.74) is -0.0637. The number of hydroxylamine groups is 2. The van der Waals surface area contributed by atoms with Gasteiger partial charge in [0.25, 0.3) is 5.56 Å². The van der Waals surface area contributed by atoms with Crippen molar-refractivity contribution in [2.45, 2.75) is 30.9 Å². The molecule has 4 aromatic rings. The Balaban J connectivity index is 1.45. The minimum absolute atomic E-state index is 0.120. The average Bonchev–Trinajstić information content (AvgIpc) is 3.35. The predicted octanol–water partition coefficient (Wildman–Crippen LogP) is 2.84. The Morgan fingerprint density at radius 2 is 2.00 bits per heavy atom. The molecule has 1 aliphatic rings. The van der Waals surface area contributed by atoms with Crippen molar-refractivity contribution in [1.29, 1.82) is 0 Å². The smallest absolute Gasteiger partial charge is 0.253 e. The first-order valence-corrected chi connectivity index (χ1v) is 11.1. The molecule has 5 rings (SSSR count). The van der Waals surface area contributed by atoms with Gasteiger partial charge in [0, 0.05) is 37.0 Å². The molecule has 0 radical (unpaired) electrons. The topological polar surface area (TPSA) is 130 Å². The Labute approximate surface area is 199 Å². The first kappa shape index (κ1) is 23.0. The number of hydrogen-bond acceptors (Lipinski definition) is 9. The number of aromatic nitrogens is 5. The monoisotopic (exact) mass is 478 g/mol. The molecule has 1 saturated heterocycles. The van der Waals surface area contributed by atoms with E-state index < -0.39 is 17.0 Å². The van der Waals surface area contributed by atoms with Crippen LogP contribution in [0.3, 0.4) is 0 Å². The zero-order valence-corrected chi connectivity index (χ0v) is 18.9. The fourth-order valence-electron chi connectivity index (χ4n) is 4.50. The van der Waals surface area contributed by atoms with E-state index in [-0.39, 0.29) is 42.5 Å². The fraction of sp³-hybridized carbons (Fsp3) is 0.292. The van der Waals surface area contributed by atoms with Crippen LogP contribution in [-0.4, -0.2) is 46.6 Å². The molecule has 0 aliphatic carbocycles. The lowest BCUT2D eigenvalue weighted by molar-refractivity contribution is -0.129. The summed E-state index contributed by atoms with van der Waals surface area (Å²) in [5, 5.41) is 27.4.